The molecule has 0 radical (unpaired) electrons. The Balaban J connectivity index is 4.33. The van der Waals surface area contributed by atoms with Crippen molar-refractivity contribution in [2.75, 3.05) is 6.54 Å². The van der Waals surface area contributed by atoms with E-state index in [0.29, 0.717) is 0 Å². The number of aliphatic carboxylic acids is 2. The average Bonchev–Trinajstić information content (AvgIpc) is 2.30. The van der Waals surface area contributed by atoms with E-state index in [1.165, 1.54) is 0 Å². The number of carboxylic acid groups (broad SMARTS) is 2. The summed E-state index contributed by atoms with van der Waals surface area (Å²) < 4.78 is 0. The first kappa shape index (κ1) is 17.2. The highest BCUT2D eigenvalue weighted by Gasteiger charge is 2.24. The Bertz CT molecular complexity index is 373. The van der Waals surface area contributed by atoms with Gasteiger partial charge in [0, 0.05) is 12.3 Å². The molecule has 19 heavy (non-hydrogen) atoms. The Hall–Kier alpha value is -1.77. The number of primary amides is 1. The van der Waals surface area contributed by atoms with Gasteiger partial charge in [-0.1, -0.05) is 0 Å². The molecule has 0 saturated carbocycles. The van der Waals surface area contributed by atoms with Crippen molar-refractivity contribution in [2.24, 2.45) is 11.7 Å². The Labute approximate surface area is 114 Å². The van der Waals surface area contributed by atoms with E-state index in [9.17, 15) is 19.2 Å². The van der Waals surface area contributed by atoms with Gasteiger partial charge in [0.1, 0.15) is 6.54 Å². The minimum atomic E-state index is -1.20. The van der Waals surface area contributed by atoms with Gasteiger partial charge in [-0.15, -0.1) is 0 Å². The van der Waals surface area contributed by atoms with E-state index in [2.05, 4.69) is 17.9 Å². The first-order valence-corrected chi connectivity index (χ1v) is 5.94. The zero-order valence-electron chi connectivity index (χ0n) is 10.0. The van der Waals surface area contributed by atoms with Crippen LogP contribution in [-0.2, 0) is 19.2 Å². The fourth-order valence-corrected chi connectivity index (χ4v) is 1.68. The summed E-state index contributed by atoms with van der Waals surface area (Å²) in [6.07, 6.45) is -0.282. The molecule has 0 aliphatic rings. The van der Waals surface area contributed by atoms with Crippen molar-refractivity contribution in [3.63, 3.8) is 0 Å². The molecule has 0 spiro atoms. The number of carboxylic acids is 2. The van der Waals surface area contributed by atoms with Crippen LogP contribution in [0.1, 0.15) is 19.3 Å². The lowest BCUT2D eigenvalue weighted by Crippen LogP contribution is -2.37. The van der Waals surface area contributed by atoms with Crippen LogP contribution in [-0.4, -0.2) is 45.8 Å². The summed E-state index contributed by atoms with van der Waals surface area (Å²) in [6, 6.07) is 0. The first-order valence-electron chi connectivity index (χ1n) is 5.42. The minimum Gasteiger partial charge on any atom is -0.481 e. The number of amides is 2. The second kappa shape index (κ2) is 8.35. The van der Waals surface area contributed by atoms with Gasteiger partial charge in [-0.3, -0.25) is 19.2 Å². The highest BCUT2D eigenvalue weighted by atomic mass is 32.1. The number of hydrogen-bond acceptors (Lipinski definition) is 5. The Morgan fingerprint density at radius 2 is 1.74 bits per heavy atom. The fraction of sp³-hybridized carbons (Fsp3) is 0.600. The van der Waals surface area contributed by atoms with Crippen LogP contribution in [0.2, 0.25) is 0 Å². The number of hydrogen-bond donors (Lipinski definition) is 5. The van der Waals surface area contributed by atoms with Gasteiger partial charge >= 0.3 is 11.9 Å². The summed E-state index contributed by atoms with van der Waals surface area (Å²) in [4.78, 5) is 43.2. The topological polar surface area (TPSA) is 147 Å². The molecule has 2 unspecified atom stereocenters. The molecule has 0 aliphatic carbocycles. The van der Waals surface area contributed by atoms with Gasteiger partial charge in [0.15, 0.2) is 0 Å². The fourth-order valence-electron chi connectivity index (χ4n) is 1.33. The van der Waals surface area contributed by atoms with Gasteiger partial charge < -0.3 is 21.3 Å². The molecule has 0 aromatic rings. The van der Waals surface area contributed by atoms with Crippen LogP contribution in [0.5, 0.6) is 0 Å². The molecular weight excluding hydrogens is 276 g/mol. The third-order valence-corrected chi connectivity index (χ3v) is 2.78. The Morgan fingerprint density at radius 1 is 1.16 bits per heavy atom. The summed E-state index contributed by atoms with van der Waals surface area (Å²) >= 11 is 3.95. The van der Waals surface area contributed by atoms with Crippen LogP contribution in [0.4, 0.5) is 0 Å². The molecule has 108 valence electrons. The highest BCUT2D eigenvalue weighted by molar-refractivity contribution is 7.81. The van der Waals surface area contributed by atoms with E-state index in [4.69, 9.17) is 15.9 Å². The van der Waals surface area contributed by atoms with Crippen molar-refractivity contribution < 1.29 is 29.4 Å². The van der Waals surface area contributed by atoms with Crippen molar-refractivity contribution in [2.45, 2.75) is 24.5 Å². The molecule has 5 N–H and O–H groups in total. The predicted octanol–water partition coefficient (Wildman–Crippen LogP) is -1.16. The van der Waals surface area contributed by atoms with Crippen LogP contribution < -0.4 is 11.1 Å². The number of nitrogens with one attached hydrogen (secondary N) is 1. The largest absolute Gasteiger partial charge is 0.481 e. The SMILES string of the molecule is NC(=O)C(CCC(=O)O)CC(S)C(=O)NCC(=O)O. The van der Waals surface area contributed by atoms with Gasteiger partial charge in [-0.2, -0.15) is 12.6 Å². The van der Waals surface area contributed by atoms with E-state index in [1.807, 2.05) is 0 Å². The summed E-state index contributed by atoms with van der Waals surface area (Å²) in [5.74, 6) is -4.43. The highest BCUT2D eigenvalue weighted by Crippen LogP contribution is 2.17. The second-order valence-electron chi connectivity index (χ2n) is 3.89. The first-order chi connectivity index (χ1) is 8.73. The average molecular weight is 292 g/mol. The van der Waals surface area contributed by atoms with Gasteiger partial charge in [0.2, 0.25) is 11.8 Å². The zero-order valence-corrected chi connectivity index (χ0v) is 10.9. The molecule has 0 saturated heterocycles. The molecule has 2 atom stereocenters. The van der Waals surface area contributed by atoms with Crippen molar-refractivity contribution in [1.29, 1.82) is 0 Å². The molecule has 0 aromatic heterocycles. The lowest BCUT2D eigenvalue weighted by molar-refractivity contribution is -0.138. The normalized spacial score (nSPS) is 13.3. The third kappa shape index (κ3) is 8.03. The second-order valence-corrected chi connectivity index (χ2v) is 4.52. The molecule has 0 bridgehead atoms. The monoisotopic (exact) mass is 292 g/mol. The molecule has 0 aromatic carbocycles. The van der Waals surface area contributed by atoms with Crippen LogP contribution >= 0.6 is 12.6 Å². The van der Waals surface area contributed by atoms with Gasteiger partial charge in [-0.25, -0.2) is 0 Å². The molecule has 9 heteroatoms. The molecule has 0 heterocycles. The van der Waals surface area contributed by atoms with E-state index in [-0.39, 0.29) is 19.3 Å². The molecule has 0 fully saturated rings. The smallest absolute Gasteiger partial charge is 0.322 e. The van der Waals surface area contributed by atoms with Crippen molar-refractivity contribution in [3.05, 3.63) is 0 Å². The molecule has 2 amide bonds. The van der Waals surface area contributed by atoms with Crippen LogP contribution in [0.3, 0.4) is 0 Å². The van der Waals surface area contributed by atoms with E-state index >= 15 is 0 Å². The van der Waals surface area contributed by atoms with E-state index in [1.54, 1.807) is 0 Å². The lowest BCUT2D eigenvalue weighted by Gasteiger charge is -2.16. The Kier molecular flexibility index (Phi) is 7.57. The number of thiol groups is 1. The van der Waals surface area contributed by atoms with Crippen molar-refractivity contribution in [1.82, 2.24) is 5.32 Å². The quantitative estimate of drug-likeness (QED) is 0.339. The summed E-state index contributed by atoms with van der Waals surface area (Å²) in [7, 11) is 0. The van der Waals surface area contributed by atoms with E-state index in [0.717, 1.165) is 0 Å². The van der Waals surface area contributed by atoms with Crippen LogP contribution in [0, 0.1) is 5.92 Å². The lowest BCUT2D eigenvalue weighted by atomic mass is 9.96. The number of carbonyl (C=O) groups is 4. The molecular formula is C10H16N2O6S. The summed E-state index contributed by atoms with van der Waals surface area (Å²) in [5.41, 5.74) is 5.10. The predicted molar refractivity (Wildman–Crippen MR) is 67.6 cm³/mol. The van der Waals surface area contributed by atoms with Crippen molar-refractivity contribution in [3.8, 4) is 0 Å². The standard InChI is InChI=1S/C10H16N2O6S/c11-9(17)5(1-2-7(13)14)3-6(19)10(18)12-4-8(15)16/h5-6,19H,1-4H2,(H2,11,17)(H,12,18)(H,13,14)(H,15,16). The third-order valence-electron chi connectivity index (χ3n) is 2.33. The zero-order chi connectivity index (χ0) is 15.0. The Morgan fingerprint density at radius 3 is 2.16 bits per heavy atom. The number of carbonyl (C=O) groups excluding carboxylic acids is 2. The summed E-state index contributed by atoms with van der Waals surface area (Å²) in [6.45, 7) is -0.549. The van der Waals surface area contributed by atoms with Gasteiger partial charge in [0.05, 0.1) is 5.25 Å². The van der Waals surface area contributed by atoms with Crippen LogP contribution in [0.25, 0.3) is 0 Å². The van der Waals surface area contributed by atoms with Crippen molar-refractivity contribution >= 4 is 36.4 Å². The van der Waals surface area contributed by atoms with E-state index < -0.39 is 41.5 Å². The molecule has 0 aliphatic heterocycles. The molecule has 8 nitrogen and oxygen atoms in total. The summed E-state index contributed by atoms with van der Waals surface area (Å²) in [5, 5.41) is 18.1. The maximum Gasteiger partial charge on any atom is 0.322 e. The van der Waals surface area contributed by atoms with Crippen LogP contribution in [0.15, 0.2) is 0 Å². The minimum absolute atomic E-state index is 0.00787. The number of nitrogens with two attached hydrogens (primary N) is 1. The maximum atomic E-state index is 11.4. The van der Waals surface area contributed by atoms with Gasteiger partial charge in [-0.05, 0) is 12.8 Å². The van der Waals surface area contributed by atoms with Gasteiger partial charge in [0.25, 0.3) is 0 Å². The number of rotatable bonds is 9. The molecule has 0 rings (SSSR count). The maximum absolute atomic E-state index is 11.4.